The molecule has 1 aromatic carbocycles. The largest absolute Gasteiger partial charge is 0.493 e. The van der Waals surface area contributed by atoms with E-state index in [1.807, 2.05) is 37.3 Å². The third kappa shape index (κ3) is 6.08. The van der Waals surface area contributed by atoms with Crippen LogP contribution in [0.5, 0.6) is 11.5 Å². The number of nitrogens with zero attached hydrogens (tertiary/aromatic N) is 1. The third-order valence-corrected chi connectivity index (χ3v) is 2.82. The van der Waals surface area contributed by atoms with E-state index in [2.05, 4.69) is 24.3 Å². The Balaban J connectivity index is 2.39. The first-order valence-corrected chi connectivity index (χ1v) is 6.96. The van der Waals surface area contributed by atoms with Crippen molar-refractivity contribution in [3.8, 4) is 11.5 Å². The lowest BCUT2D eigenvalue weighted by molar-refractivity contribution is 0.289. The summed E-state index contributed by atoms with van der Waals surface area (Å²) in [5.74, 6) is 1.56. The Hall–Kier alpha value is -1.52. The highest BCUT2D eigenvalue weighted by Crippen LogP contribution is 2.28. The molecule has 0 heterocycles. The number of likely N-dealkylation sites (N-methyl/N-ethyl adjacent to an activating group) is 1. The van der Waals surface area contributed by atoms with E-state index < -0.39 is 0 Å². The molecule has 0 spiro atoms. The zero-order chi connectivity index (χ0) is 14.8. The second-order valence-corrected chi connectivity index (χ2v) is 4.81. The van der Waals surface area contributed by atoms with E-state index in [4.69, 9.17) is 9.47 Å². The fraction of sp³-hybridized carbons (Fsp3) is 0.500. The SMILES string of the molecule is CC=Cc1ccc(OCCNCCN(C)C)c(OC)c1. The molecular weight excluding hydrogens is 252 g/mol. The number of ether oxygens (including phenoxy) is 2. The van der Waals surface area contributed by atoms with Gasteiger partial charge >= 0.3 is 0 Å². The normalized spacial score (nSPS) is 11.2. The number of rotatable bonds is 9. The lowest BCUT2D eigenvalue weighted by atomic mass is 10.2. The van der Waals surface area contributed by atoms with E-state index in [0.29, 0.717) is 6.61 Å². The quantitative estimate of drug-likeness (QED) is 0.703. The van der Waals surface area contributed by atoms with Crippen molar-refractivity contribution in [2.45, 2.75) is 6.92 Å². The van der Waals surface area contributed by atoms with E-state index >= 15 is 0 Å². The van der Waals surface area contributed by atoms with Crippen molar-refractivity contribution in [2.75, 3.05) is 47.4 Å². The summed E-state index contributed by atoms with van der Waals surface area (Å²) in [6.07, 6.45) is 4.04. The molecule has 0 amide bonds. The van der Waals surface area contributed by atoms with Crippen molar-refractivity contribution in [3.63, 3.8) is 0 Å². The maximum absolute atomic E-state index is 5.74. The number of allylic oxidation sites excluding steroid dienone is 1. The van der Waals surface area contributed by atoms with Crippen LogP contribution in [0.3, 0.4) is 0 Å². The molecule has 0 bridgehead atoms. The van der Waals surface area contributed by atoms with Crippen LogP contribution in [0, 0.1) is 0 Å². The molecule has 0 unspecified atom stereocenters. The molecule has 0 fully saturated rings. The van der Waals surface area contributed by atoms with Gasteiger partial charge in [-0.15, -0.1) is 0 Å². The van der Waals surface area contributed by atoms with Crippen LogP contribution in [0.4, 0.5) is 0 Å². The van der Waals surface area contributed by atoms with E-state index in [9.17, 15) is 0 Å². The first-order valence-electron chi connectivity index (χ1n) is 6.96. The number of hydrogen-bond acceptors (Lipinski definition) is 4. The Bertz CT molecular complexity index is 417. The van der Waals surface area contributed by atoms with Crippen molar-refractivity contribution in [1.82, 2.24) is 10.2 Å². The van der Waals surface area contributed by atoms with Crippen LogP contribution in [0.1, 0.15) is 12.5 Å². The van der Waals surface area contributed by atoms with Gasteiger partial charge in [0.2, 0.25) is 0 Å². The van der Waals surface area contributed by atoms with Gasteiger partial charge < -0.3 is 19.7 Å². The lowest BCUT2D eigenvalue weighted by Crippen LogP contribution is -2.29. The molecule has 1 rings (SSSR count). The van der Waals surface area contributed by atoms with Gasteiger partial charge in [0.25, 0.3) is 0 Å². The highest BCUT2D eigenvalue weighted by atomic mass is 16.5. The van der Waals surface area contributed by atoms with E-state index in [1.165, 1.54) is 0 Å². The van der Waals surface area contributed by atoms with Crippen molar-refractivity contribution in [3.05, 3.63) is 29.8 Å². The minimum absolute atomic E-state index is 0.632. The van der Waals surface area contributed by atoms with Crippen LogP contribution < -0.4 is 14.8 Å². The predicted octanol–water partition coefficient (Wildman–Crippen LogP) is 2.26. The summed E-state index contributed by atoms with van der Waals surface area (Å²) in [5, 5.41) is 3.34. The van der Waals surface area contributed by atoms with Gasteiger partial charge in [-0.05, 0) is 38.7 Å². The molecule has 0 aliphatic carbocycles. The van der Waals surface area contributed by atoms with E-state index in [0.717, 1.165) is 36.7 Å². The average Bonchev–Trinajstić information content (AvgIpc) is 2.43. The van der Waals surface area contributed by atoms with Gasteiger partial charge in [-0.25, -0.2) is 0 Å². The summed E-state index contributed by atoms with van der Waals surface area (Å²) in [6.45, 7) is 5.45. The second kappa shape index (κ2) is 9.39. The summed E-state index contributed by atoms with van der Waals surface area (Å²) in [7, 11) is 5.79. The van der Waals surface area contributed by atoms with E-state index in [1.54, 1.807) is 7.11 Å². The van der Waals surface area contributed by atoms with Crippen molar-refractivity contribution >= 4 is 6.08 Å². The number of nitrogens with one attached hydrogen (secondary N) is 1. The van der Waals surface area contributed by atoms with Crippen molar-refractivity contribution in [2.24, 2.45) is 0 Å². The highest BCUT2D eigenvalue weighted by molar-refractivity contribution is 5.55. The Morgan fingerprint density at radius 2 is 2.00 bits per heavy atom. The molecule has 20 heavy (non-hydrogen) atoms. The van der Waals surface area contributed by atoms with Crippen LogP contribution in [-0.2, 0) is 0 Å². The standard InChI is InChI=1S/C16H26N2O2/c1-5-6-14-7-8-15(16(13-14)19-4)20-12-10-17-9-11-18(2)3/h5-8,13,17H,9-12H2,1-4H3. The number of benzene rings is 1. The van der Waals surface area contributed by atoms with Gasteiger partial charge in [-0.1, -0.05) is 18.2 Å². The minimum atomic E-state index is 0.632. The molecule has 0 saturated carbocycles. The Morgan fingerprint density at radius 1 is 1.20 bits per heavy atom. The number of methoxy groups -OCH3 is 1. The molecule has 4 heteroatoms. The van der Waals surface area contributed by atoms with Gasteiger partial charge in [0, 0.05) is 19.6 Å². The molecule has 112 valence electrons. The zero-order valence-corrected chi connectivity index (χ0v) is 13.0. The van der Waals surface area contributed by atoms with Gasteiger partial charge in [0.05, 0.1) is 7.11 Å². The smallest absolute Gasteiger partial charge is 0.161 e. The molecule has 0 saturated heterocycles. The maximum Gasteiger partial charge on any atom is 0.161 e. The average molecular weight is 278 g/mol. The molecule has 0 radical (unpaired) electrons. The van der Waals surface area contributed by atoms with Crippen molar-refractivity contribution in [1.29, 1.82) is 0 Å². The maximum atomic E-state index is 5.74. The fourth-order valence-electron chi connectivity index (χ4n) is 1.76. The Morgan fingerprint density at radius 3 is 2.65 bits per heavy atom. The molecule has 1 N–H and O–H groups in total. The lowest BCUT2D eigenvalue weighted by Gasteiger charge is -2.13. The van der Waals surface area contributed by atoms with Gasteiger partial charge in [-0.2, -0.15) is 0 Å². The summed E-state index contributed by atoms with van der Waals surface area (Å²) in [4.78, 5) is 2.15. The first-order chi connectivity index (χ1) is 9.67. The molecule has 0 aliphatic heterocycles. The van der Waals surface area contributed by atoms with Gasteiger partial charge in [-0.3, -0.25) is 0 Å². The van der Waals surface area contributed by atoms with E-state index in [-0.39, 0.29) is 0 Å². The molecule has 1 aromatic rings. The van der Waals surface area contributed by atoms with Gasteiger partial charge in [0.1, 0.15) is 6.61 Å². The molecular formula is C16H26N2O2. The summed E-state index contributed by atoms with van der Waals surface area (Å²) in [5.41, 5.74) is 1.11. The number of hydrogen-bond donors (Lipinski definition) is 1. The summed E-state index contributed by atoms with van der Waals surface area (Å²) >= 11 is 0. The monoisotopic (exact) mass is 278 g/mol. The first kappa shape index (κ1) is 16.5. The van der Waals surface area contributed by atoms with Gasteiger partial charge in [0.15, 0.2) is 11.5 Å². The minimum Gasteiger partial charge on any atom is -0.493 e. The zero-order valence-electron chi connectivity index (χ0n) is 13.0. The molecule has 4 nitrogen and oxygen atoms in total. The summed E-state index contributed by atoms with van der Waals surface area (Å²) in [6, 6.07) is 5.96. The Labute approximate surface area is 122 Å². The Kier molecular flexibility index (Phi) is 7.77. The van der Waals surface area contributed by atoms with Crippen LogP contribution in [-0.4, -0.2) is 52.3 Å². The fourth-order valence-corrected chi connectivity index (χ4v) is 1.76. The van der Waals surface area contributed by atoms with Crippen molar-refractivity contribution < 1.29 is 9.47 Å². The second-order valence-electron chi connectivity index (χ2n) is 4.81. The predicted molar refractivity (Wildman–Crippen MR) is 84.6 cm³/mol. The summed E-state index contributed by atoms with van der Waals surface area (Å²) < 4.78 is 11.1. The third-order valence-electron chi connectivity index (χ3n) is 2.82. The van der Waals surface area contributed by atoms with Crippen LogP contribution in [0.15, 0.2) is 24.3 Å². The van der Waals surface area contributed by atoms with Crippen LogP contribution in [0.2, 0.25) is 0 Å². The molecule has 0 aliphatic rings. The molecule has 0 aromatic heterocycles. The molecule has 0 atom stereocenters. The van der Waals surface area contributed by atoms with Crippen LogP contribution in [0.25, 0.3) is 6.08 Å². The van der Waals surface area contributed by atoms with Crippen LogP contribution >= 0.6 is 0 Å². The topological polar surface area (TPSA) is 33.7 Å². The highest BCUT2D eigenvalue weighted by Gasteiger charge is 2.04.